The van der Waals surface area contributed by atoms with Crippen LogP contribution in [0.3, 0.4) is 0 Å². The van der Waals surface area contributed by atoms with Crippen molar-refractivity contribution in [3.8, 4) is 0 Å². The summed E-state index contributed by atoms with van der Waals surface area (Å²) in [6.07, 6.45) is 1.86. The average molecular weight is 343 g/mol. The predicted molar refractivity (Wildman–Crippen MR) is 89.1 cm³/mol. The van der Waals surface area contributed by atoms with Gasteiger partial charge in [0, 0.05) is 32.9 Å². The number of carbonyl (C=O) groups is 2. The van der Waals surface area contributed by atoms with Crippen molar-refractivity contribution in [2.75, 3.05) is 32.8 Å². The molecule has 2 aliphatic rings. The Hall–Kier alpha value is -2.61. The highest BCUT2D eigenvalue weighted by Gasteiger charge is 2.27. The summed E-state index contributed by atoms with van der Waals surface area (Å²) in [4.78, 5) is 28.8. The summed E-state index contributed by atoms with van der Waals surface area (Å²) in [5.74, 6) is -0.0634. The van der Waals surface area contributed by atoms with E-state index in [4.69, 9.17) is 4.74 Å². The fourth-order valence-electron chi connectivity index (χ4n) is 3.32. The Morgan fingerprint density at radius 2 is 1.88 bits per heavy atom. The molecular formula is C17H21N5O3. The standard InChI is InChI=1S/C17H21N5O3/c1-19-4-2-3-15(19)17(24)21-5-6-22-13(12-21)11-14(18-22)16(23)20-7-9-25-10-8-20/h2-4,11H,5-10,12H2,1H3. The molecule has 0 radical (unpaired) electrons. The number of aromatic nitrogens is 3. The summed E-state index contributed by atoms with van der Waals surface area (Å²) in [6, 6.07) is 5.49. The van der Waals surface area contributed by atoms with E-state index in [1.54, 1.807) is 9.80 Å². The third-order valence-corrected chi connectivity index (χ3v) is 4.77. The van der Waals surface area contributed by atoms with E-state index >= 15 is 0 Å². The summed E-state index contributed by atoms with van der Waals surface area (Å²) >= 11 is 0. The van der Waals surface area contributed by atoms with Gasteiger partial charge in [-0.2, -0.15) is 5.10 Å². The van der Waals surface area contributed by atoms with Crippen molar-refractivity contribution in [1.29, 1.82) is 0 Å². The van der Waals surface area contributed by atoms with E-state index in [-0.39, 0.29) is 11.8 Å². The average Bonchev–Trinajstić information content (AvgIpc) is 3.26. The molecule has 0 aliphatic carbocycles. The molecule has 0 N–H and O–H groups in total. The number of fused-ring (bicyclic) bond motifs is 1. The van der Waals surface area contributed by atoms with Crippen LogP contribution in [-0.2, 0) is 24.9 Å². The van der Waals surface area contributed by atoms with Crippen LogP contribution in [-0.4, -0.2) is 68.8 Å². The van der Waals surface area contributed by atoms with Crippen LogP contribution in [0.15, 0.2) is 24.4 Å². The Bertz CT molecular complexity index is 803. The van der Waals surface area contributed by atoms with E-state index in [2.05, 4.69) is 5.10 Å². The molecule has 8 heteroatoms. The number of rotatable bonds is 2. The third-order valence-electron chi connectivity index (χ3n) is 4.77. The number of nitrogens with zero attached hydrogens (tertiary/aromatic N) is 5. The molecule has 0 atom stereocenters. The minimum Gasteiger partial charge on any atom is -0.378 e. The molecule has 2 aliphatic heterocycles. The molecule has 0 unspecified atom stereocenters. The highest BCUT2D eigenvalue weighted by molar-refractivity contribution is 5.93. The number of hydrogen-bond acceptors (Lipinski definition) is 4. The van der Waals surface area contributed by atoms with Crippen LogP contribution >= 0.6 is 0 Å². The SMILES string of the molecule is Cn1cccc1C(=O)N1CCn2nc(C(=O)N3CCOCC3)cc2C1. The van der Waals surface area contributed by atoms with Crippen LogP contribution in [0.5, 0.6) is 0 Å². The molecule has 0 saturated carbocycles. The zero-order valence-corrected chi connectivity index (χ0v) is 14.2. The van der Waals surface area contributed by atoms with Crippen molar-refractivity contribution in [2.45, 2.75) is 13.1 Å². The molecule has 132 valence electrons. The molecule has 1 saturated heterocycles. The highest BCUT2D eigenvalue weighted by atomic mass is 16.5. The van der Waals surface area contributed by atoms with E-state index in [0.717, 1.165) is 5.69 Å². The minimum atomic E-state index is -0.0643. The van der Waals surface area contributed by atoms with Crippen LogP contribution in [0, 0.1) is 0 Å². The molecule has 4 rings (SSSR count). The molecule has 0 bridgehead atoms. The van der Waals surface area contributed by atoms with E-state index in [1.807, 2.05) is 40.7 Å². The first kappa shape index (κ1) is 15.9. The van der Waals surface area contributed by atoms with Crippen LogP contribution in [0.4, 0.5) is 0 Å². The second-order valence-corrected chi connectivity index (χ2v) is 6.38. The van der Waals surface area contributed by atoms with E-state index in [9.17, 15) is 9.59 Å². The Kier molecular flexibility index (Phi) is 4.04. The molecule has 0 aromatic carbocycles. The number of carbonyl (C=O) groups excluding carboxylic acids is 2. The second-order valence-electron chi connectivity index (χ2n) is 6.38. The van der Waals surface area contributed by atoms with Gasteiger partial charge in [-0.15, -0.1) is 0 Å². The lowest BCUT2D eigenvalue weighted by Gasteiger charge is -2.27. The maximum atomic E-state index is 12.7. The smallest absolute Gasteiger partial charge is 0.274 e. The molecule has 2 aromatic rings. The Labute approximate surface area is 145 Å². The van der Waals surface area contributed by atoms with Crippen molar-refractivity contribution >= 4 is 11.8 Å². The fraction of sp³-hybridized carbons (Fsp3) is 0.471. The Balaban J connectivity index is 1.50. The summed E-state index contributed by atoms with van der Waals surface area (Å²) < 4.78 is 8.94. The summed E-state index contributed by atoms with van der Waals surface area (Å²) in [7, 11) is 1.86. The number of hydrogen-bond donors (Lipinski definition) is 0. The van der Waals surface area contributed by atoms with Crippen molar-refractivity contribution < 1.29 is 14.3 Å². The van der Waals surface area contributed by atoms with Crippen molar-refractivity contribution in [2.24, 2.45) is 7.05 Å². The van der Waals surface area contributed by atoms with Gasteiger partial charge >= 0.3 is 0 Å². The lowest BCUT2D eigenvalue weighted by Crippen LogP contribution is -2.41. The van der Waals surface area contributed by atoms with Gasteiger partial charge in [-0.3, -0.25) is 14.3 Å². The van der Waals surface area contributed by atoms with Gasteiger partial charge in [0.15, 0.2) is 5.69 Å². The van der Waals surface area contributed by atoms with Gasteiger partial charge in [0.25, 0.3) is 11.8 Å². The molecule has 25 heavy (non-hydrogen) atoms. The first-order valence-corrected chi connectivity index (χ1v) is 8.48. The number of ether oxygens (including phenoxy) is 1. The molecule has 2 aromatic heterocycles. The van der Waals surface area contributed by atoms with Gasteiger partial charge in [0.1, 0.15) is 5.69 Å². The molecule has 1 fully saturated rings. The van der Waals surface area contributed by atoms with Crippen LogP contribution in [0.2, 0.25) is 0 Å². The zero-order chi connectivity index (χ0) is 17.4. The van der Waals surface area contributed by atoms with E-state index in [0.29, 0.717) is 57.3 Å². The van der Waals surface area contributed by atoms with Gasteiger partial charge in [0.05, 0.1) is 32.0 Å². The quantitative estimate of drug-likeness (QED) is 0.789. The molecule has 2 amide bonds. The van der Waals surface area contributed by atoms with E-state index < -0.39 is 0 Å². The largest absolute Gasteiger partial charge is 0.378 e. The fourth-order valence-corrected chi connectivity index (χ4v) is 3.32. The van der Waals surface area contributed by atoms with Crippen molar-refractivity contribution in [3.05, 3.63) is 41.5 Å². The molecule has 4 heterocycles. The Morgan fingerprint density at radius 3 is 2.60 bits per heavy atom. The lowest BCUT2D eigenvalue weighted by molar-refractivity contribution is 0.0298. The third kappa shape index (κ3) is 2.93. The number of morpholine rings is 1. The highest BCUT2D eigenvalue weighted by Crippen LogP contribution is 2.18. The second kappa shape index (κ2) is 6.36. The van der Waals surface area contributed by atoms with Crippen LogP contribution < -0.4 is 0 Å². The minimum absolute atomic E-state index is 0.000931. The maximum Gasteiger partial charge on any atom is 0.274 e. The molecular weight excluding hydrogens is 322 g/mol. The first-order chi connectivity index (χ1) is 12.1. The lowest BCUT2D eigenvalue weighted by atomic mass is 10.2. The van der Waals surface area contributed by atoms with Gasteiger partial charge in [-0.1, -0.05) is 0 Å². The van der Waals surface area contributed by atoms with Crippen molar-refractivity contribution in [3.63, 3.8) is 0 Å². The number of amides is 2. The van der Waals surface area contributed by atoms with Crippen molar-refractivity contribution in [1.82, 2.24) is 24.1 Å². The van der Waals surface area contributed by atoms with Gasteiger partial charge < -0.3 is 19.1 Å². The maximum absolute atomic E-state index is 12.7. The monoisotopic (exact) mass is 343 g/mol. The zero-order valence-electron chi connectivity index (χ0n) is 14.2. The van der Waals surface area contributed by atoms with Gasteiger partial charge in [-0.05, 0) is 18.2 Å². The summed E-state index contributed by atoms with van der Waals surface area (Å²) in [5, 5.41) is 4.44. The normalized spacial score (nSPS) is 17.5. The van der Waals surface area contributed by atoms with Crippen LogP contribution in [0.25, 0.3) is 0 Å². The first-order valence-electron chi connectivity index (χ1n) is 8.48. The van der Waals surface area contributed by atoms with Crippen LogP contribution in [0.1, 0.15) is 26.7 Å². The van der Waals surface area contributed by atoms with E-state index in [1.165, 1.54) is 0 Å². The Morgan fingerprint density at radius 1 is 1.08 bits per heavy atom. The summed E-state index contributed by atoms with van der Waals surface area (Å²) in [5.41, 5.74) is 2.01. The topological polar surface area (TPSA) is 72.6 Å². The van der Waals surface area contributed by atoms with Gasteiger partial charge in [-0.25, -0.2) is 0 Å². The van der Waals surface area contributed by atoms with Gasteiger partial charge in [0.2, 0.25) is 0 Å². The summed E-state index contributed by atoms with van der Waals surface area (Å²) in [6.45, 7) is 3.98. The number of aryl methyl sites for hydroxylation is 1. The molecule has 0 spiro atoms. The molecule has 8 nitrogen and oxygen atoms in total. The predicted octanol–water partition coefficient (Wildman–Crippen LogP) is 0.350.